The lowest BCUT2D eigenvalue weighted by Gasteiger charge is -2.28. The van der Waals surface area contributed by atoms with E-state index in [9.17, 15) is 9.59 Å². The molecule has 0 spiro atoms. The van der Waals surface area contributed by atoms with E-state index in [1.165, 1.54) is 0 Å². The van der Waals surface area contributed by atoms with Crippen LogP contribution in [0.2, 0.25) is 5.02 Å². The minimum absolute atomic E-state index is 0.0189. The van der Waals surface area contributed by atoms with Gasteiger partial charge in [0.05, 0.1) is 31.2 Å². The Kier molecular flexibility index (Phi) is 7.17. The first kappa shape index (κ1) is 23.5. The number of benzodiazepines with no additional fused rings is 1. The molecule has 172 valence electrons. The Bertz CT molecular complexity index is 1140. The summed E-state index contributed by atoms with van der Waals surface area (Å²) in [5, 5.41) is 0.536. The topological polar surface area (TPSA) is 65.5 Å². The molecule has 2 aliphatic heterocycles. The van der Waals surface area contributed by atoms with Crippen molar-refractivity contribution in [3.8, 4) is 0 Å². The van der Waals surface area contributed by atoms with Gasteiger partial charge in [0.15, 0.2) is 0 Å². The third-order valence-electron chi connectivity index (χ3n) is 5.55. The third-order valence-corrected chi connectivity index (χ3v) is 6.37. The average Bonchev–Trinajstić information content (AvgIpc) is 2.90. The molecule has 7 nitrogen and oxygen atoms in total. The van der Waals surface area contributed by atoms with E-state index >= 15 is 0 Å². The maximum Gasteiger partial charge on any atom is 0.278 e. The van der Waals surface area contributed by atoms with Crippen molar-refractivity contribution in [2.45, 2.75) is 0 Å². The van der Waals surface area contributed by atoms with Crippen molar-refractivity contribution >= 4 is 50.7 Å². The Morgan fingerprint density at radius 1 is 1.21 bits per heavy atom. The molecule has 0 bridgehead atoms. The molecule has 2 aliphatic rings. The Morgan fingerprint density at radius 3 is 2.67 bits per heavy atom. The van der Waals surface area contributed by atoms with Crippen LogP contribution >= 0.6 is 27.5 Å². The van der Waals surface area contributed by atoms with Crippen molar-refractivity contribution < 1.29 is 14.3 Å². The number of benzene rings is 2. The number of nitrogens with zero attached hydrogens (tertiary/aromatic N) is 4. The van der Waals surface area contributed by atoms with Crippen LogP contribution in [0, 0.1) is 0 Å². The first-order valence-electron chi connectivity index (χ1n) is 10.5. The zero-order chi connectivity index (χ0) is 23.5. The van der Waals surface area contributed by atoms with Crippen LogP contribution in [0.3, 0.4) is 0 Å². The second-order valence-electron chi connectivity index (χ2n) is 7.89. The number of carbonyl (C=O) groups is 2. The summed E-state index contributed by atoms with van der Waals surface area (Å²) < 4.78 is 6.18. The molecule has 2 aromatic carbocycles. The normalized spacial score (nSPS) is 17.5. The smallest absolute Gasteiger partial charge is 0.278 e. The molecule has 0 aromatic heterocycles. The number of rotatable bonds is 4. The molecule has 4 rings (SSSR count). The number of aliphatic imine (C=N–C) groups is 1. The van der Waals surface area contributed by atoms with E-state index in [-0.39, 0.29) is 24.1 Å². The van der Waals surface area contributed by atoms with Crippen molar-refractivity contribution in [3.05, 3.63) is 75.0 Å². The summed E-state index contributed by atoms with van der Waals surface area (Å²) in [5.41, 5.74) is 3.03. The van der Waals surface area contributed by atoms with Crippen molar-refractivity contribution in [1.29, 1.82) is 0 Å². The minimum atomic E-state index is -0.272. The number of hydrogen-bond donors (Lipinski definition) is 0. The molecule has 9 heteroatoms. The molecule has 2 amide bonds. The molecule has 0 radical (unpaired) electrons. The quantitative estimate of drug-likeness (QED) is 0.566. The van der Waals surface area contributed by atoms with Crippen molar-refractivity contribution in [3.63, 3.8) is 0 Å². The van der Waals surface area contributed by atoms with E-state index in [4.69, 9.17) is 21.3 Å². The van der Waals surface area contributed by atoms with Crippen LogP contribution in [0.15, 0.2) is 63.8 Å². The van der Waals surface area contributed by atoms with Crippen LogP contribution in [0.5, 0.6) is 0 Å². The van der Waals surface area contributed by atoms with Crippen LogP contribution in [-0.2, 0) is 14.3 Å². The van der Waals surface area contributed by atoms with Crippen LogP contribution in [0.25, 0.3) is 0 Å². The fourth-order valence-corrected chi connectivity index (χ4v) is 4.41. The SMILES string of the molecule is CN(C=C1N=C(c2ccccc2Cl)c2cc(Br)ccc2N(C)C1=O)CC(=O)N1CCOCC1. The largest absolute Gasteiger partial charge is 0.378 e. The van der Waals surface area contributed by atoms with Gasteiger partial charge in [-0.2, -0.15) is 0 Å². The van der Waals surface area contributed by atoms with Gasteiger partial charge in [-0.05, 0) is 24.3 Å². The van der Waals surface area contributed by atoms with Crippen molar-refractivity contribution in [2.75, 3.05) is 51.8 Å². The van der Waals surface area contributed by atoms with Gasteiger partial charge in [0.25, 0.3) is 5.91 Å². The van der Waals surface area contributed by atoms with E-state index in [0.29, 0.717) is 37.0 Å². The molecule has 33 heavy (non-hydrogen) atoms. The molecule has 0 atom stereocenters. The first-order chi connectivity index (χ1) is 15.8. The van der Waals surface area contributed by atoms with Crippen LogP contribution in [0.1, 0.15) is 11.1 Å². The molecule has 1 saturated heterocycles. The lowest BCUT2D eigenvalue weighted by atomic mass is 10.0. The van der Waals surface area contributed by atoms with Gasteiger partial charge >= 0.3 is 0 Å². The lowest BCUT2D eigenvalue weighted by molar-refractivity contribution is -0.135. The highest BCUT2D eigenvalue weighted by Crippen LogP contribution is 2.33. The molecule has 0 unspecified atom stereocenters. The number of likely N-dealkylation sites (N-methyl/N-ethyl adjacent to an activating group) is 2. The summed E-state index contributed by atoms with van der Waals surface area (Å²) in [4.78, 5) is 35.8. The van der Waals surface area contributed by atoms with Crippen LogP contribution < -0.4 is 4.90 Å². The maximum atomic E-state index is 13.3. The molecule has 2 aromatic rings. The maximum absolute atomic E-state index is 13.3. The third kappa shape index (κ3) is 5.13. The summed E-state index contributed by atoms with van der Waals surface area (Å²) in [6.45, 7) is 2.36. The van der Waals surface area contributed by atoms with E-state index in [2.05, 4.69) is 15.9 Å². The van der Waals surface area contributed by atoms with Crippen molar-refractivity contribution in [2.24, 2.45) is 4.99 Å². The molecule has 2 heterocycles. The number of fused-ring (bicyclic) bond motifs is 1. The van der Waals surface area contributed by atoms with E-state index in [1.54, 1.807) is 41.1 Å². The zero-order valence-electron chi connectivity index (χ0n) is 18.4. The number of carbonyl (C=O) groups excluding carboxylic acids is 2. The van der Waals surface area contributed by atoms with E-state index in [0.717, 1.165) is 21.3 Å². The molecule has 0 N–H and O–H groups in total. The van der Waals surface area contributed by atoms with Gasteiger partial charge < -0.3 is 19.4 Å². The summed E-state index contributed by atoms with van der Waals surface area (Å²) in [6.07, 6.45) is 1.62. The standard InChI is InChI=1S/C24H24BrClN4O3/c1-28(15-22(31)30-9-11-33-12-10-30)14-20-24(32)29(2)21-8-7-16(25)13-18(21)23(27-20)17-5-3-4-6-19(17)26/h3-8,13-14H,9-12,15H2,1-2H3. The summed E-state index contributed by atoms with van der Waals surface area (Å²) in [7, 11) is 3.48. The summed E-state index contributed by atoms with van der Waals surface area (Å²) >= 11 is 10.0. The Morgan fingerprint density at radius 2 is 1.94 bits per heavy atom. The number of morpholine rings is 1. The molecular weight excluding hydrogens is 508 g/mol. The minimum Gasteiger partial charge on any atom is -0.378 e. The molecule has 0 saturated carbocycles. The Balaban J connectivity index is 1.74. The summed E-state index contributed by atoms with van der Waals surface area (Å²) in [5.74, 6) is -0.291. The van der Waals surface area contributed by atoms with Gasteiger partial charge in [0.2, 0.25) is 5.91 Å². The average molecular weight is 532 g/mol. The van der Waals surface area contributed by atoms with Gasteiger partial charge in [-0.15, -0.1) is 0 Å². The highest BCUT2D eigenvalue weighted by Gasteiger charge is 2.28. The highest BCUT2D eigenvalue weighted by molar-refractivity contribution is 9.10. The fraction of sp³-hybridized carbons (Fsp3) is 0.292. The molecule has 0 aliphatic carbocycles. The van der Waals surface area contributed by atoms with Crippen molar-refractivity contribution in [1.82, 2.24) is 9.80 Å². The Labute approximate surface area is 206 Å². The predicted molar refractivity (Wildman–Crippen MR) is 133 cm³/mol. The predicted octanol–water partition coefficient (Wildman–Crippen LogP) is 3.55. The van der Waals surface area contributed by atoms with Crippen LogP contribution in [0.4, 0.5) is 5.69 Å². The van der Waals surface area contributed by atoms with Crippen LogP contribution in [-0.4, -0.2) is 74.3 Å². The summed E-state index contributed by atoms with van der Waals surface area (Å²) in [6, 6.07) is 13.1. The lowest BCUT2D eigenvalue weighted by Crippen LogP contribution is -2.44. The fourth-order valence-electron chi connectivity index (χ4n) is 3.82. The second-order valence-corrected chi connectivity index (χ2v) is 9.21. The number of hydrogen-bond acceptors (Lipinski definition) is 5. The Hall–Kier alpha value is -2.68. The molecule has 1 fully saturated rings. The van der Waals surface area contributed by atoms with Gasteiger partial charge in [0, 0.05) is 54.0 Å². The number of amides is 2. The zero-order valence-corrected chi connectivity index (χ0v) is 20.8. The van der Waals surface area contributed by atoms with E-state index in [1.807, 2.05) is 36.4 Å². The molecular formula is C24H24BrClN4O3. The second kappa shape index (κ2) is 10.1. The first-order valence-corrected chi connectivity index (χ1v) is 11.7. The number of ether oxygens (including phenoxy) is 1. The number of anilines is 1. The van der Waals surface area contributed by atoms with Gasteiger partial charge in [-0.3, -0.25) is 9.59 Å². The monoisotopic (exact) mass is 530 g/mol. The highest BCUT2D eigenvalue weighted by atomic mass is 79.9. The number of halogens is 2. The van der Waals surface area contributed by atoms with Gasteiger partial charge in [-0.25, -0.2) is 4.99 Å². The van der Waals surface area contributed by atoms with E-state index < -0.39 is 0 Å². The van der Waals surface area contributed by atoms with Gasteiger partial charge in [-0.1, -0.05) is 45.7 Å². The van der Waals surface area contributed by atoms with Gasteiger partial charge in [0.1, 0.15) is 5.70 Å².